The third-order valence-corrected chi connectivity index (χ3v) is 3.72. The van der Waals surface area contributed by atoms with Crippen LogP contribution in [0.1, 0.15) is 22.8 Å². The number of aryl methyl sites for hydroxylation is 1. The van der Waals surface area contributed by atoms with Crippen LogP contribution in [0.25, 0.3) is 0 Å². The molecule has 1 amide bonds. The zero-order valence-electron chi connectivity index (χ0n) is 10.9. The van der Waals surface area contributed by atoms with Crippen molar-refractivity contribution in [2.45, 2.75) is 24.8 Å². The van der Waals surface area contributed by atoms with Gasteiger partial charge in [0.05, 0.1) is 11.5 Å². The highest BCUT2D eigenvalue weighted by molar-refractivity contribution is 8.13. The van der Waals surface area contributed by atoms with Crippen molar-refractivity contribution in [2.24, 2.45) is 0 Å². The zero-order valence-corrected chi connectivity index (χ0v) is 12.5. The first-order chi connectivity index (χ1) is 8.74. The van der Waals surface area contributed by atoms with E-state index < -0.39 is 9.05 Å². The predicted octanol–water partition coefficient (Wildman–Crippen LogP) is 1.69. The van der Waals surface area contributed by atoms with E-state index in [0.29, 0.717) is 12.2 Å². The average Bonchev–Trinajstić information content (AvgIpc) is 2.27. The molecule has 0 heterocycles. The summed E-state index contributed by atoms with van der Waals surface area (Å²) in [6.45, 7) is 3.86. The van der Waals surface area contributed by atoms with Crippen LogP contribution in [0.2, 0.25) is 0 Å². The predicted molar refractivity (Wildman–Crippen MR) is 73.0 cm³/mol. The normalized spacial score (nSPS) is 13.1. The second kappa shape index (κ2) is 6.36. The summed E-state index contributed by atoms with van der Waals surface area (Å²) in [7, 11) is 2.97. The maximum Gasteiger partial charge on any atom is 0.261 e. The Labute approximate surface area is 117 Å². The van der Waals surface area contributed by atoms with Gasteiger partial charge >= 0.3 is 0 Å². The van der Waals surface area contributed by atoms with Crippen LogP contribution in [0.3, 0.4) is 0 Å². The lowest BCUT2D eigenvalue weighted by molar-refractivity contribution is 0.0905. The molecule has 7 heteroatoms. The number of ether oxygens (including phenoxy) is 1. The van der Waals surface area contributed by atoms with Gasteiger partial charge in [0, 0.05) is 29.4 Å². The monoisotopic (exact) mass is 305 g/mol. The molecule has 0 aromatic heterocycles. The highest BCUT2D eigenvalue weighted by Gasteiger charge is 2.16. The fourth-order valence-electron chi connectivity index (χ4n) is 1.62. The van der Waals surface area contributed by atoms with Crippen LogP contribution in [0.15, 0.2) is 23.1 Å². The van der Waals surface area contributed by atoms with Crippen LogP contribution < -0.4 is 5.32 Å². The summed E-state index contributed by atoms with van der Waals surface area (Å²) in [4.78, 5) is 11.9. The first kappa shape index (κ1) is 15.9. The summed E-state index contributed by atoms with van der Waals surface area (Å²) in [6, 6.07) is 4.09. The fourth-order valence-corrected chi connectivity index (χ4v) is 2.48. The van der Waals surface area contributed by atoms with Gasteiger partial charge in [0.15, 0.2) is 0 Å². The van der Waals surface area contributed by atoms with Gasteiger partial charge in [0.1, 0.15) is 0 Å². The van der Waals surface area contributed by atoms with E-state index in [1.807, 2.05) is 0 Å². The van der Waals surface area contributed by atoms with Crippen molar-refractivity contribution in [3.8, 4) is 0 Å². The lowest BCUT2D eigenvalue weighted by atomic mass is 10.1. The molecular weight excluding hydrogens is 290 g/mol. The van der Waals surface area contributed by atoms with Crippen LogP contribution in [0, 0.1) is 6.92 Å². The highest BCUT2D eigenvalue weighted by atomic mass is 35.7. The molecule has 0 spiro atoms. The number of amides is 1. The zero-order chi connectivity index (χ0) is 14.6. The Bertz CT molecular complexity index is 571. The highest BCUT2D eigenvalue weighted by Crippen LogP contribution is 2.18. The number of halogens is 1. The summed E-state index contributed by atoms with van der Waals surface area (Å²) in [5.74, 6) is -0.366. The molecule has 1 aromatic carbocycles. The molecule has 0 fully saturated rings. The molecule has 5 nitrogen and oxygen atoms in total. The van der Waals surface area contributed by atoms with Gasteiger partial charge in [-0.15, -0.1) is 0 Å². The number of benzene rings is 1. The van der Waals surface area contributed by atoms with Gasteiger partial charge in [-0.1, -0.05) is 0 Å². The molecule has 1 atom stereocenters. The van der Waals surface area contributed by atoms with Crippen LogP contribution in [0.4, 0.5) is 0 Å². The number of hydrogen-bond donors (Lipinski definition) is 1. The summed E-state index contributed by atoms with van der Waals surface area (Å²) >= 11 is 0. The van der Waals surface area contributed by atoms with Gasteiger partial charge in [-0.05, 0) is 37.6 Å². The van der Waals surface area contributed by atoms with Crippen LogP contribution >= 0.6 is 10.7 Å². The third kappa shape index (κ3) is 4.81. The minimum absolute atomic E-state index is 0.0845. The second-order valence-electron chi connectivity index (χ2n) is 4.30. The standard InChI is InChI=1S/C12H16ClNO4S/c1-8-4-10(6-11(5-8)19(13,16)17)12(15)14-9(2)7-18-3/h4-6,9H,7H2,1-3H3,(H,14,15). The Balaban J connectivity index is 3.01. The topological polar surface area (TPSA) is 72.5 Å². The van der Waals surface area contributed by atoms with Crippen molar-refractivity contribution in [1.82, 2.24) is 5.32 Å². The molecule has 0 aliphatic rings. The molecule has 0 saturated heterocycles. The minimum Gasteiger partial charge on any atom is -0.383 e. The Kier molecular flexibility index (Phi) is 5.34. The smallest absolute Gasteiger partial charge is 0.261 e. The van der Waals surface area contributed by atoms with Crippen molar-refractivity contribution in [1.29, 1.82) is 0 Å². The van der Waals surface area contributed by atoms with Crippen LogP contribution in [-0.4, -0.2) is 34.1 Å². The van der Waals surface area contributed by atoms with Gasteiger partial charge in [0.25, 0.3) is 15.0 Å². The van der Waals surface area contributed by atoms with E-state index in [-0.39, 0.29) is 22.4 Å². The summed E-state index contributed by atoms with van der Waals surface area (Å²) < 4.78 is 27.5. The van der Waals surface area contributed by atoms with Crippen LogP contribution in [-0.2, 0) is 13.8 Å². The first-order valence-corrected chi connectivity index (χ1v) is 7.91. The van der Waals surface area contributed by atoms with Gasteiger partial charge in [0.2, 0.25) is 0 Å². The molecule has 0 aliphatic carbocycles. The van der Waals surface area contributed by atoms with E-state index in [0.717, 1.165) is 0 Å². The van der Waals surface area contributed by atoms with E-state index in [1.54, 1.807) is 19.9 Å². The molecule has 19 heavy (non-hydrogen) atoms. The van der Waals surface area contributed by atoms with E-state index in [2.05, 4.69) is 5.32 Å². The molecule has 0 radical (unpaired) electrons. The largest absolute Gasteiger partial charge is 0.383 e. The molecule has 0 aliphatic heterocycles. The number of hydrogen-bond acceptors (Lipinski definition) is 4. The van der Waals surface area contributed by atoms with Crippen LogP contribution in [0.5, 0.6) is 0 Å². The third-order valence-electron chi connectivity index (χ3n) is 2.39. The number of carbonyl (C=O) groups is 1. The van der Waals surface area contributed by atoms with E-state index >= 15 is 0 Å². The second-order valence-corrected chi connectivity index (χ2v) is 6.87. The molecule has 1 N–H and O–H groups in total. The first-order valence-electron chi connectivity index (χ1n) is 5.60. The molecule has 106 valence electrons. The Morgan fingerprint density at radius 1 is 1.42 bits per heavy atom. The Morgan fingerprint density at radius 3 is 2.58 bits per heavy atom. The maximum absolute atomic E-state index is 12.0. The van der Waals surface area contributed by atoms with Gasteiger partial charge in [-0.25, -0.2) is 8.42 Å². The van der Waals surface area contributed by atoms with E-state index in [1.165, 1.54) is 19.2 Å². The van der Waals surface area contributed by atoms with Crippen molar-refractivity contribution >= 4 is 25.6 Å². The molecule has 1 aromatic rings. The van der Waals surface area contributed by atoms with Crippen molar-refractivity contribution < 1.29 is 17.9 Å². The summed E-state index contributed by atoms with van der Waals surface area (Å²) in [6.07, 6.45) is 0. The Morgan fingerprint density at radius 2 is 2.05 bits per heavy atom. The number of carbonyl (C=O) groups excluding carboxylic acids is 1. The summed E-state index contributed by atoms with van der Waals surface area (Å²) in [5.41, 5.74) is 0.897. The van der Waals surface area contributed by atoms with Gasteiger partial charge < -0.3 is 10.1 Å². The van der Waals surface area contributed by atoms with Gasteiger partial charge in [-0.3, -0.25) is 4.79 Å². The van der Waals surface area contributed by atoms with Crippen molar-refractivity contribution in [3.63, 3.8) is 0 Å². The lowest BCUT2D eigenvalue weighted by Crippen LogP contribution is -2.35. The molecule has 1 unspecified atom stereocenters. The van der Waals surface area contributed by atoms with Crippen molar-refractivity contribution in [2.75, 3.05) is 13.7 Å². The number of rotatable bonds is 5. The Hall–Kier alpha value is -1.11. The van der Waals surface area contributed by atoms with Crippen molar-refractivity contribution in [3.05, 3.63) is 29.3 Å². The molecule has 0 saturated carbocycles. The average molecular weight is 306 g/mol. The van der Waals surface area contributed by atoms with E-state index in [4.69, 9.17) is 15.4 Å². The number of nitrogens with one attached hydrogen (secondary N) is 1. The molecule has 0 bridgehead atoms. The van der Waals surface area contributed by atoms with E-state index in [9.17, 15) is 13.2 Å². The fraction of sp³-hybridized carbons (Fsp3) is 0.417. The quantitative estimate of drug-likeness (QED) is 0.840. The van der Waals surface area contributed by atoms with Gasteiger partial charge in [-0.2, -0.15) is 0 Å². The number of methoxy groups -OCH3 is 1. The molecule has 1 rings (SSSR count). The summed E-state index contributed by atoms with van der Waals surface area (Å²) in [5, 5.41) is 2.70. The SMILES string of the molecule is COCC(C)NC(=O)c1cc(C)cc(S(=O)(=O)Cl)c1. The lowest BCUT2D eigenvalue weighted by Gasteiger charge is -2.13. The molecular formula is C12H16ClNO4S. The minimum atomic E-state index is -3.85. The maximum atomic E-state index is 12.0.